The predicted molar refractivity (Wildman–Crippen MR) is 81.2 cm³/mol. The minimum atomic E-state index is -0.772. The molecule has 0 aliphatic carbocycles. The van der Waals surface area contributed by atoms with Crippen molar-refractivity contribution in [2.24, 2.45) is 11.8 Å². The van der Waals surface area contributed by atoms with Crippen molar-refractivity contribution in [2.75, 3.05) is 26.2 Å². The number of carboxylic acids is 1. The number of carboxylic acid groups (broad SMARTS) is 1. The van der Waals surface area contributed by atoms with E-state index >= 15 is 0 Å². The second kappa shape index (κ2) is 7.66. The Bertz CT molecular complexity index is 373. The molecule has 2 heterocycles. The molecule has 0 aromatic rings. The maximum absolute atomic E-state index is 12.6. The van der Waals surface area contributed by atoms with Gasteiger partial charge in [0.05, 0.1) is 5.92 Å². The zero-order valence-electron chi connectivity index (χ0n) is 13.1. The third-order valence-electron chi connectivity index (χ3n) is 4.86. The molecule has 120 valence electrons. The van der Waals surface area contributed by atoms with Crippen LogP contribution in [0.4, 0.5) is 4.79 Å². The quantitative estimate of drug-likeness (QED) is 0.871. The van der Waals surface area contributed by atoms with Crippen LogP contribution in [-0.4, -0.2) is 53.1 Å². The fourth-order valence-corrected chi connectivity index (χ4v) is 3.61. The lowest BCUT2D eigenvalue weighted by Crippen LogP contribution is -2.49. The number of rotatable bonds is 3. The van der Waals surface area contributed by atoms with Crippen molar-refractivity contribution in [2.45, 2.75) is 51.9 Å². The third kappa shape index (κ3) is 4.35. The number of piperidine rings is 1. The minimum absolute atomic E-state index is 0.0538. The highest BCUT2D eigenvalue weighted by Gasteiger charge is 2.31. The van der Waals surface area contributed by atoms with Crippen molar-refractivity contribution in [1.29, 1.82) is 0 Å². The van der Waals surface area contributed by atoms with Crippen molar-refractivity contribution in [3.63, 3.8) is 0 Å². The molecular formula is C16H28N2O3. The fourth-order valence-electron chi connectivity index (χ4n) is 3.61. The normalized spacial score (nSPS) is 27.3. The number of hydrogen-bond donors (Lipinski definition) is 1. The molecule has 2 aliphatic rings. The molecule has 0 saturated carbocycles. The lowest BCUT2D eigenvalue weighted by Gasteiger charge is -2.34. The summed E-state index contributed by atoms with van der Waals surface area (Å²) in [6, 6.07) is 0.0538. The molecule has 2 amide bonds. The lowest BCUT2D eigenvalue weighted by molar-refractivity contribution is -0.143. The summed E-state index contributed by atoms with van der Waals surface area (Å²) in [5.74, 6) is -0.408. The molecule has 21 heavy (non-hydrogen) atoms. The number of hydrogen-bond acceptors (Lipinski definition) is 2. The van der Waals surface area contributed by atoms with Crippen LogP contribution < -0.4 is 0 Å². The van der Waals surface area contributed by atoms with E-state index in [0.29, 0.717) is 19.5 Å². The summed E-state index contributed by atoms with van der Waals surface area (Å²) < 4.78 is 0. The van der Waals surface area contributed by atoms with Crippen LogP contribution in [0.2, 0.25) is 0 Å². The molecule has 2 saturated heterocycles. The van der Waals surface area contributed by atoms with Crippen LogP contribution >= 0.6 is 0 Å². The molecule has 0 aromatic carbocycles. The van der Waals surface area contributed by atoms with Crippen LogP contribution in [0.1, 0.15) is 51.9 Å². The number of carbonyl (C=O) groups excluding carboxylic acids is 1. The van der Waals surface area contributed by atoms with E-state index in [1.165, 1.54) is 19.3 Å². The van der Waals surface area contributed by atoms with E-state index in [0.717, 1.165) is 38.3 Å². The smallest absolute Gasteiger partial charge is 0.320 e. The molecule has 0 spiro atoms. The van der Waals surface area contributed by atoms with Gasteiger partial charge < -0.3 is 14.9 Å². The SMILES string of the molecule is CCCC1CCCN(C(=O)N2CCCC(C(=O)O)C2)CC1. The van der Waals surface area contributed by atoms with Gasteiger partial charge in [-0.2, -0.15) is 0 Å². The van der Waals surface area contributed by atoms with Crippen molar-refractivity contribution in [3.8, 4) is 0 Å². The first-order valence-electron chi connectivity index (χ1n) is 8.38. The van der Waals surface area contributed by atoms with Crippen LogP contribution in [0.15, 0.2) is 0 Å². The van der Waals surface area contributed by atoms with Crippen LogP contribution in [0.5, 0.6) is 0 Å². The summed E-state index contributed by atoms with van der Waals surface area (Å²) in [6.45, 7) is 4.96. The zero-order chi connectivity index (χ0) is 15.2. The van der Waals surface area contributed by atoms with Gasteiger partial charge in [0.15, 0.2) is 0 Å². The van der Waals surface area contributed by atoms with E-state index in [-0.39, 0.29) is 11.9 Å². The summed E-state index contributed by atoms with van der Waals surface area (Å²) in [4.78, 5) is 27.4. The Kier molecular flexibility index (Phi) is 5.88. The van der Waals surface area contributed by atoms with Crippen molar-refractivity contribution in [1.82, 2.24) is 9.80 Å². The van der Waals surface area contributed by atoms with Crippen LogP contribution in [-0.2, 0) is 4.79 Å². The van der Waals surface area contributed by atoms with Gasteiger partial charge in [0.2, 0.25) is 0 Å². The molecule has 1 N–H and O–H groups in total. The summed E-state index contributed by atoms with van der Waals surface area (Å²) in [6.07, 6.45) is 7.35. The molecule has 2 atom stereocenters. The van der Waals surface area contributed by atoms with E-state index in [2.05, 4.69) is 6.92 Å². The van der Waals surface area contributed by atoms with Gasteiger partial charge in [-0.25, -0.2) is 4.79 Å². The van der Waals surface area contributed by atoms with E-state index in [1.54, 1.807) is 4.90 Å². The Morgan fingerprint density at radius 2 is 1.76 bits per heavy atom. The highest BCUT2D eigenvalue weighted by atomic mass is 16.4. The Balaban J connectivity index is 1.88. The molecule has 0 aromatic heterocycles. The Morgan fingerprint density at radius 3 is 2.48 bits per heavy atom. The number of amides is 2. The lowest BCUT2D eigenvalue weighted by atomic mass is 9.96. The highest BCUT2D eigenvalue weighted by Crippen LogP contribution is 2.24. The van der Waals surface area contributed by atoms with Crippen LogP contribution in [0.25, 0.3) is 0 Å². The summed E-state index contributed by atoms with van der Waals surface area (Å²) in [5, 5.41) is 9.14. The molecule has 5 heteroatoms. The second-order valence-electron chi connectivity index (χ2n) is 6.48. The van der Waals surface area contributed by atoms with E-state index in [9.17, 15) is 9.59 Å². The molecule has 2 aliphatic heterocycles. The maximum Gasteiger partial charge on any atom is 0.320 e. The second-order valence-corrected chi connectivity index (χ2v) is 6.48. The molecule has 2 unspecified atom stereocenters. The topological polar surface area (TPSA) is 60.9 Å². The number of aliphatic carboxylic acids is 1. The predicted octanol–water partition coefficient (Wildman–Crippen LogP) is 2.81. The Labute approximate surface area is 127 Å². The fraction of sp³-hybridized carbons (Fsp3) is 0.875. The standard InChI is InChI=1S/C16H28N2O3/c1-2-5-13-6-3-9-17(11-8-13)16(21)18-10-4-7-14(12-18)15(19)20/h13-14H,2-12H2,1H3,(H,19,20). The van der Waals surface area contributed by atoms with Gasteiger partial charge in [-0.05, 0) is 38.0 Å². The van der Waals surface area contributed by atoms with Gasteiger partial charge in [0, 0.05) is 26.2 Å². The molecule has 0 radical (unpaired) electrons. The van der Waals surface area contributed by atoms with Crippen molar-refractivity contribution >= 4 is 12.0 Å². The largest absolute Gasteiger partial charge is 0.481 e. The van der Waals surface area contributed by atoms with E-state index < -0.39 is 5.97 Å². The number of carbonyl (C=O) groups is 2. The summed E-state index contributed by atoms with van der Waals surface area (Å²) >= 11 is 0. The van der Waals surface area contributed by atoms with Crippen LogP contribution in [0, 0.1) is 11.8 Å². The Morgan fingerprint density at radius 1 is 1.05 bits per heavy atom. The van der Waals surface area contributed by atoms with Gasteiger partial charge in [-0.1, -0.05) is 19.8 Å². The zero-order valence-corrected chi connectivity index (χ0v) is 13.1. The van der Waals surface area contributed by atoms with Gasteiger partial charge in [0.1, 0.15) is 0 Å². The number of likely N-dealkylation sites (tertiary alicyclic amines) is 2. The van der Waals surface area contributed by atoms with Crippen molar-refractivity contribution in [3.05, 3.63) is 0 Å². The molecular weight excluding hydrogens is 268 g/mol. The van der Waals surface area contributed by atoms with Crippen LogP contribution in [0.3, 0.4) is 0 Å². The minimum Gasteiger partial charge on any atom is -0.481 e. The summed E-state index contributed by atoms with van der Waals surface area (Å²) in [7, 11) is 0. The third-order valence-corrected chi connectivity index (χ3v) is 4.86. The van der Waals surface area contributed by atoms with E-state index in [4.69, 9.17) is 5.11 Å². The Hall–Kier alpha value is -1.26. The molecule has 5 nitrogen and oxygen atoms in total. The van der Waals surface area contributed by atoms with Gasteiger partial charge >= 0.3 is 12.0 Å². The first-order valence-corrected chi connectivity index (χ1v) is 8.38. The molecule has 0 bridgehead atoms. The van der Waals surface area contributed by atoms with Crippen molar-refractivity contribution < 1.29 is 14.7 Å². The molecule has 2 rings (SSSR count). The number of urea groups is 1. The first kappa shape index (κ1) is 16.1. The first-order chi connectivity index (χ1) is 10.1. The van der Waals surface area contributed by atoms with E-state index in [1.807, 2.05) is 4.90 Å². The number of nitrogens with zero attached hydrogens (tertiary/aromatic N) is 2. The highest BCUT2D eigenvalue weighted by molar-refractivity contribution is 5.76. The maximum atomic E-state index is 12.6. The van der Waals surface area contributed by atoms with Gasteiger partial charge in [-0.15, -0.1) is 0 Å². The van der Waals surface area contributed by atoms with Gasteiger partial charge in [0.25, 0.3) is 0 Å². The summed E-state index contributed by atoms with van der Waals surface area (Å²) in [5.41, 5.74) is 0. The average Bonchev–Trinajstić information content (AvgIpc) is 2.73. The average molecular weight is 296 g/mol. The monoisotopic (exact) mass is 296 g/mol. The van der Waals surface area contributed by atoms with Gasteiger partial charge in [-0.3, -0.25) is 4.79 Å². The molecule has 2 fully saturated rings.